The Balaban J connectivity index is 1.22. The number of nitrogens with one attached hydrogen (secondary N) is 1. The third-order valence-corrected chi connectivity index (χ3v) is 7.33. The highest BCUT2D eigenvalue weighted by Gasteiger charge is 2.29. The van der Waals surface area contributed by atoms with Gasteiger partial charge in [0.2, 0.25) is 11.9 Å². The van der Waals surface area contributed by atoms with Crippen LogP contribution >= 0.6 is 0 Å². The van der Waals surface area contributed by atoms with Crippen LogP contribution in [0.3, 0.4) is 0 Å². The summed E-state index contributed by atoms with van der Waals surface area (Å²) in [5.74, 6) is 0.552. The van der Waals surface area contributed by atoms with Crippen LogP contribution in [0.15, 0.2) is 30.5 Å². The minimum Gasteiger partial charge on any atom is -0.378 e. The van der Waals surface area contributed by atoms with Crippen LogP contribution in [0.4, 0.5) is 16.0 Å². The summed E-state index contributed by atoms with van der Waals surface area (Å²) in [5, 5.41) is 3.38. The van der Waals surface area contributed by atoms with Gasteiger partial charge in [-0.15, -0.1) is 0 Å². The van der Waals surface area contributed by atoms with E-state index in [0.29, 0.717) is 30.8 Å². The topological polar surface area (TPSA) is 70.6 Å². The Morgan fingerprint density at radius 2 is 1.79 bits per heavy atom. The quantitative estimate of drug-likeness (QED) is 0.714. The molecule has 5 rings (SSSR count). The molecule has 1 amide bonds. The maximum Gasteiger partial charge on any atom is 0.225 e. The van der Waals surface area contributed by atoms with Gasteiger partial charge in [0.1, 0.15) is 5.69 Å². The van der Waals surface area contributed by atoms with Gasteiger partial charge >= 0.3 is 0 Å². The van der Waals surface area contributed by atoms with Crippen LogP contribution in [0.25, 0.3) is 11.3 Å². The Morgan fingerprint density at radius 3 is 2.56 bits per heavy atom. The van der Waals surface area contributed by atoms with Gasteiger partial charge in [0.05, 0.1) is 19.4 Å². The van der Waals surface area contributed by atoms with Crippen LogP contribution in [0.5, 0.6) is 0 Å². The van der Waals surface area contributed by atoms with Gasteiger partial charge in [0.15, 0.2) is 5.82 Å². The van der Waals surface area contributed by atoms with Crippen LogP contribution in [-0.2, 0) is 9.53 Å². The average Bonchev–Trinajstić information content (AvgIpc) is 2.91. The van der Waals surface area contributed by atoms with E-state index in [1.807, 2.05) is 29.2 Å². The first-order chi connectivity index (χ1) is 16.7. The molecule has 7 nitrogen and oxygen atoms in total. The molecule has 1 aliphatic carbocycles. The predicted molar refractivity (Wildman–Crippen MR) is 130 cm³/mol. The molecule has 0 unspecified atom stereocenters. The van der Waals surface area contributed by atoms with Crippen LogP contribution in [0, 0.1) is 11.7 Å². The predicted octanol–water partition coefficient (Wildman–Crippen LogP) is 4.10. The van der Waals surface area contributed by atoms with E-state index in [0.717, 1.165) is 63.1 Å². The van der Waals surface area contributed by atoms with Gasteiger partial charge in [-0.1, -0.05) is 31.4 Å². The molecule has 2 saturated heterocycles. The Kier molecular flexibility index (Phi) is 7.23. The van der Waals surface area contributed by atoms with Crippen molar-refractivity contribution in [1.82, 2.24) is 14.9 Å². The summed E-state index contributed by atoms with van der Waals surface area (Å²) in [5.41, 5.74) is 2.08. The van der Waals surface area contributed by atoms with Crippen molar-refractivity contribution < 1.29 is 13.9 Å². The molecular weight excluding hydrogens is 433 g/mol. The Morgan fingerprint density at radius 1 is 1.03 bits per heavy atom. The monoisotopic (exact) mass is 467 g/mol. The molecule has 1 N–H and O–H groups in total. The summed E-state index contributed by atoms with van der Waals surface area (Å²) in [6.07, 6.45) is 8.62. The summed E-state index contributed by atoms with van der Waals surface area (Å²) in [6, 6.07) is 8.02. The van der Waals surface area contributed by atoms with Crippen molar-refractivity contribution in [2.75, 3.05) is 49.6 Å². The van der Waals surface area contributed by atoms with E-state index in [-0.39, 0.29) is 12.0 Å². The lowest BCUT2D eigenvalue weighted by molar-refractivity contribution is -0.137. The maximum atomic E-state index is 14.7. The number of carbonyl (C=O) groups is 1. The Labute approximate surface area is 200 Å². The van der Waals surface area contributed by atoms with Crippen LogP contribution in [0.2, 0.25) is 0 Å². The molecule has 8 heteroatoms. The third-order valence-electron chi connectivity index (χ3n) is 7.33. The second-order valence-corrected chi connectivity index (χ2v) is 9.62. The molecule has 182 valence electrons. The molecule has 1 saturated carbocycles. The molecule has 1 aromatic carbocycles. The molecule has 3 heterocycles. The smallest absolute Gasteiger partial charge is 0.225 e. The van der Waals surface area contributed by atoms with Gasteiger partial charge in [-0.05, 0) is 37.8 Å². The molecular formula is C26H34FN5O2. The minimum absolute atomic E-state index is 0.174. The van der Waals surface area contributed by atoms with E-state index in [9.17, 15) is 9.18 Å². The number of rotatable bonds is 5. The van der Waals surface area contributed by atoms with Crippen molar-refractivity contribution in [2.45, 2.75) is 51.0 Å². The molecule has 0 bridgehead atoms. The number of morpholine rings is 1. The molecule has 0 radical (unpaired) electrons. The standard InChI is InChI=1S/C26H34FN5O2/c27-23-18-28-26(29-21-9-11-32(12-10-21)25(33)19-5-2-1-3-6-19)30-24(23)20-7-4-8-22(17-20)31-13-15-34-16-14-31/h4,7-8,17-19,21H,1-3,5-6,9-16H2,(H,28,29,30). The first-order valence-electron chi connectivity index (χ1n) is 12.7. The Bertz CT molecular complexity index is 983. The van der Waals surface area contributed by atoms with Gasteiger partial charge in [-0.3, -0.25) is 4.79 Å². The minimum atomic E-state index is -0.433. The van der Waals surface area contributed by atoms with Gasteiger partial charge in [0.25, 0.3) is 0 Å². The molecule has 0 spiro atoms. The molecule has 34 heavy (non-hydrogen) atoms. The van der Waals surface area contributed by atoms with E-state index >= 15 is 0 Å². The molecule has 3 fully saturated rings. The first-order valence-corrected chi connectivity index (χ1v) is 12.7. The number of ether oxygens (including phenoxy) is 1. The van der Waals surface area contributed by atoms with Gasteiger partial charge in [0, 0.05) is 49.4 Å². The highest BCUT2D eigenvalue weighted by molar-refractivity contribution is 5.79. The maximum absolute atomic E-state index is 14.7. The number of anilines is 2. The van der Waals surface area contributed by atoms with Crippen molar-refractivity contribution in [3.63, 3.8) is 0 Å². The fourth-order valence-electron chi connectivity index (χ4n) is 5.35. The second kappa shape index (κ2) is 10.7. The number of piperidine rings is 1. The van der Waals surface area contributed by atoms with Gasteiger partial charge < -0.3 is 19.9 Å². The number of hydrogen-bond acceptors (Lipinski definition) is 6. The zero-order chi connectivity index (χ0) is 23.3. The molecule has 3 aliphatic rings. The SMILES string of the molecule is O=C(C1CCCCC1)N1CCC(Nc2ncc(F)c(-c3cccc(N4CCOCC4)c3)n2)CC1. The number of amides is 1. The van der Waals surface area contributed by atoms with Crippen molar-refractivity contribution in [2.24, 2.45) is 5.92 Å². The number of hydrogen-bond donors (Lipinski definition) is 1. The van der Waals surface area contributed by atoms with Gasteiger partial charge in [-0.2, -0.15) is 0 Å². The lowest BCUT2D eigenvalue weighted by Gasteiger charge is -2.35. The zero-order valence-electron chi connectivity index (χ0n) is 19.7. The lowest BCUT2D eigenvalue weighted by atomic mass is 9.87. The number of benzene rings is 1. The highest BCUT2D eigenvalue weighted by Crippen LogP contribution is 2.28. The van der Waals surface area contributed by atoms with Crippen molar-refractivity contribution in [1.29, 1.82) is 0 Å². The van der Waals surface area contributed by atoms with E-state index in [4.69, 9.17) is 4.74 Å². The fraction of sp³-hybridized carbons (Fsp3) is 0.577. The lowest BCUT2D eigenvalue weighted by Crippen LogP contribution is -2.45. The van der Waals surface area contributed by atoms with Crippen LogP contribution in [0.1, 0.15) is 44.9 Å². The zero-order valence-corrected chi connectivity index (χ0v) is 19.7. The largest absolute Gasteiger partial charge is 0.378 e. The van der Waals surface area contributed by atoms with Crippen molar-refractivity contribution >= 4 is 17.5 Å². The van der Waals surface area contributed by atoms with Crippen molar-refractivity contribution in [3.05, 3.63) is 36.3 Å². The van der Waals surface area contributed by atoms with E-state index in [1.54, 1.807) is 0 Å². The molecule has 2 aliphatic heterocycles. The highest BCUT2D eigenvalue weighted by atomic mass is 19.1. The molecule has 2 aromatic rings. The molecule has 0 atom stereocenters. The Hall–Kier alpha value is -2.74. The second-order valence-electron chi connectivity index (χ2n) is 9.62. The summed E-state index contributed by atoms with van der Waals surface area (Å²) in [6.45, 7) is 4.55. The average molecular weight is 468 g/mol. The number of carbonyl (C=O) groups excluding carboxylic acids is 1. The summed E-state index contributed by atoms with van der Waals surface area (Å²) in [7, 11) is 0. The summed E-state index contributed by atoms with van der Waals surface area (Å²) < 4.78 is 20.1. The number of likely N-dealkylation sites (tertiary alicyclic amines) is 1. The van der Waals surface area contributed by atoms with Gasteiger partial charge in [-0.25, -0.2) is 14.4 Å². The van der Waals surface area contributed by atoms with E-state index in [2.05, 4.69) is 20.2 Å². The normalized spacial score (nSPS) is 20.4. The van der Waals surface area contributed by atoms with E-state index in [1.165, 1.54) is 25.5 Å². The van der Waals surface area contributed by atoms with E-state index < -0.39 is 5.82 Å². The third kappa shape index (κ3) is 5.32. The summed E-state index contributed by atoms with van der Waals surface area (Å²) in [4.78, 5) is 25.8. The fourth-order valence-corrected chi connectivity index (χ4v) is 5.35. The first kappa shape index (κ1) is 23.0. The summed E-state index contributed by atoms with van der Waals surface area (Å²) >= 11 is 0. The number of nitrogens with zero attached hydrogens (tertiary/aromatic N) is 4. The molecule has 1 aromatic heterocycles. The van der Waals surface area contributed by atoms with Crippen molar-refractivity contribution in [3.8, 4) is 11.3 Å². The van der Waals surface area contributed by atoms with Crippen LogP contribution in [-0.4, -0.2) is 66.2 Å². The number of aromatic nitrogens is 2. The number of halogens is 1. The van der Waals surface area contributed by atoms with Crippen LogP contribution < -0.4 is 10.2 Å².